The third-order valence-corrected chi connectivity index (χ3v) is 4.14. The van der Waals surface area contributed by atoms with Crippen molar-refractivity contribution in [1.29, 1.82) is 0 Å². The highest BCUT2D eigenvalue weighted by Gasteiger charge is 2.06. The number of hydrogen-bond donors (Lipinski definition) is 2. The number of rotatable bonds is 7. The van der Waals surface area contributed by atoms with Crippen molar-refractivity contribution in [1.82, 2.24) is 10.7 Å². The Bertz CT molecular complexity index is 680. The molecule has 5 nitrogen and oxygen atoms in total. The first-order chi connectivity index (χ1) is 11.1. The Kier molecular flexibility index (Phi) is 6.50. The molecule has 2 N–H and O–H groups in total. The van der Waals surface area contributed by atoms with Crippen molar-refractivity contribution in [2.75, 3.05) is 0 Å². The first-order valence-corrected chi connectivity index (χ1v) is 8.20. The molecule has 1 aromatic carbocycles. The second-order valence-electron chi connectivity index (χ2n) is 5.02. The van der Waals surface area contributed by atoms with Crippen molar-refractivity contribution in [3.05, 3.63) is 57.8 Å². The fourth-order valence-electron chi connectivity index (χ4n) is 1.85. The Balaban J connectivity index is 1.65. The van der Waals surface area contributed by atoms with Gasteiger partial charge in [0, 0.05) is 24.3 Å². The largest absolute Gasteiger partial charge is 0.352 e. The Morgan fingerprint density at radius 2 is 1.87 bits per heavy atom. The third-order valence-electron chi connectivity index (χ3n) is 3.18. The molecule has 0 aliphatic rings. The summed E-state index contributed by atoms with van der Waals surface area (Å²) in [5.74, 6) is -0.424. The van der Waals surface area contributed by atoms with Gasteiger partial charge in [0.1, 0.15) is 0 Å². The van der Waals surface area contributed by atoms with Crippen LogP contribution in [0.4, 0.5) is 0 Å². The molecule has 0 radical (unpaired) electrons. The van der Waals surface area contributed by atoms with Crippen LogP contribution < -0.4 is 10.7 Å². The molecule has 2 aromatic rings. The fourth-order valence-corrected chi connectivity index (χ4v) is 2.63. The molecule has 0 fully saturated rings. The number of carbonyl (C=O) groups excluding carboxylic acids is 2. The summed E-state index contributed by atoms with van der Waals surface area (Å²) in [4.78, 5) is 24.3. The van der Waals surface area contributed by atoms with E-state index in [0.29, 0.717) is 6.54 Å². The smallest absolute Gasteiger partial charge is 0.240 e. The van der Waals surface area contributed by atoms with Crippen LogP contribution in [-0.4, -0.2) is 18.0 Å². The van der Waals surface area contributed by atoms with Gasteiger partial charge in [-0.3, -0.25) is 9.59 Å². The van der Waals surface area contributed by atoms with Crippen molar-refractivity contribution >= 4 is 29.4 Å². The highest BCUT2D eigenvalue weighted by Crippen LogP contribution is 2.12. The van der Waals surface area contributed by atoms with Crippen LogP contribution in [0.2, 0.25) is 0 Å². The van der Waals surface area contributed by atoms with Gasteiger partial charge in [0.05, 0.1) is 6.21 Å². The number of amides is 2. The van der Waals surface area contributed by atoms with E-state index in [1.807, 2.05) is 48.7 Å². The van der Waals surface area contributed by atoms with Gasteiger partial charge >= 0.3 is 0 Å². The lowest BCUT2D eigenvalue weighted by atomic mass is 10.2. The number of nitrogens with zero attached hydrogens (tertiary/aromatic N) is 1. The van der Waals surface area contributed by atoms with Gasteiger partial charge < -0.3 is 5.32 Å². The van der Waals surface area contributed by atoms with E-state index < -0.39 is 0 Å². The SMILES string of the molecule is Cc1ccsc1/C=N/NC(=O)CCC(=O)NCc1ccccc1. The van der Waals surface area contributed by atoms with Gasteiger partial charge in [0.25, 0.3) is 0 Å². The van der Waals surface area contributed by atoms with Gasteiger partial charge in [-0.15, -0.1) is 11.3 Å². The summed E-state index contributed by atoms with van der Waals surface area (Å²) in [7, 11) is 0. The molecule has 0 aliphatic carbocycles. The van der Waals surface area contributed by atoms with Crippen LogP contribution in [0.3, 0.4) is 0 Å². The maximum absolute atomic E-state index is 11.7. The molecule has 0 atom stereocenters. The van der Waals surface area contributed by atoms with Crippen molar-refractivity contribution in [3.8, 4) is 0 Å². The van der Waals surface area contributed by atoms with Crippen LogP contribution in [-0.2, 0) is 16.1 Å². The summed E-state index contributed by atoms with van der Waals surface area (Å²) in [6.45, 7) is 2.45. The average molecular weight is 329 g/mol. The fraction of sp³-hybridized carbons (Fsp3) is 0.235. The lowest BCUT2D eigenvalue weighted by Crippen LogP contribution is -2.25. The molecule has 0 spiro atoms. The predicted molar refractivity (Wildman–Crippen MR) is 92.3 cm³/mol. The van der Waals surface area contributed by atoms with E-state index in [1.54, 1.807) is 17.6 Å². The number of carbonyl (C=O) groups is 2. The Hall–Kier alpha value is -2.47. The minimum absolute atomic E-state index is 0.112. The highest BCUT2D eigenvalue weighted by atomic mass is 32.1. The van der Waals surface area contributed by atoms with Crippen molar-refractivity contribution in [2.24, 2.45) is 5.10 Å². The molecule has 2 amide bonds. The molecule has 0 bridgehead atoms. The molecule has 120 valence electrons. The molecule has 1 aromatic heterocycles. The zero-order valence-corrected chi connectivity index (χ0v) is 13.7. The number of thiophene rings is 1. The minimum Gasteiger partial charge on any atom is -0.352 e. The van der Waals surface area contributed by atoms with E-state index in [0.717, 1.165) is 16.0 Å². The van der Waals surface area contributed by atoms with Crippen LogP contribution in [0.5, 0.6) is 0 Å². The lowest BCUT2D eigenvalue weighted by Gasteiger charge is -2.04. The maximum atomic E-state index is 11.7. The Morgan fingerprint density at radius 1 is 1.13 bits per heavy atom. The molecule has 23 heavy (non-hydrogen) atoms. The third kappa shape index (κ3) is 6.04. The van der Waals surface area contributed by atoms with Crippen molar-refractivity contribution in [3.63, 3.8) is 0 Å². The van der Waals surface area contributed by atoms with Crippen LogP contribution in [0.15, 0.2) is 46.9 Å². The number of nitrogens with one attached hydrogen (secondary N) is 2. The predicted octanol–water partition coefficient (Wildman–Crippen LogP) is 2.60. The zero-order chi connectivity index (χ0) is 16.5. The van der Waals surface area contributed by atoms with Gasteiger partial charge in [0.15, 0.2) is 0 Å². The monoisotopic (exact) mass is 329 g/mol. The van der Waals surface area contributed by atoms with Crippen LogP contribution in [0.25, 0.3) is 0 Å². The van der Waals surface area contributed by atoms with E-state index in [9.17, 15) is 9.59 Å². The van der Waals surface area contributed by atoms with E-state index >= 15 is 0 Å². The summed E-state index contributed by atoms with van der Waals surface area (Å²) >= 11 is 1.56. The second-order valence-corrected chi connectivity index (χ2v) is 5.97. The molecular formula is C17H19N3O2S. The molecule has 0 saturated heterocycles. The molecule has 2 rings (SSSR count). The van der Waals surface area contributed by atoms with Gasteiger partial charge in [-0.05, 0) is 29.5 Å². The normalized spacial score (nSPS) is 10.7. The standard InChI is InChI=1S/C17H19N3O2S/c1-13-9-10-23-15(13)12-19-20-17(22)8-7-16(21)18-11-14-5-3-2-4-6-14/h2-6,9-10,12H,7-8,11H2,1H3,(H,18,21)(H,20,22)/b19-12+. The maximum Gasteiger partial charge on any atom is 0.240 e. The molecular weight excluding hydrogens is 310 g/mol. The van der Waals surface area contributed by atoms with E-state index in [-0.39, 0.29) is 24.7 Å². The second kappa shape index (κ2) is 8.85. The summed E-state index contributed by atoms with van der Waals surface area (Å²) in [6, 6.07) is 11.6. The van der Waals surface area contributed by atoms with Crippen LogP contribution >= 0.6 is 11.3 Å². The van der Waals surface area contributed by atoms with Crippen LogP contribution in [0, 0.1) is 6.92 Å². The number of hydrazone groups is 1. The zero-order valence-electron chi connectivity index (χ0n) is 12.9. The lowest BCUT2D eigenvalue weighted by molar-refractivity contribution is -0.126. The molecule has 6 heteroatoms. The Morgan fingerprint density at radius 3 is 2.57 bits per heavy atom. The quantitative estimate of drug-likeness (QED) is 0.605. The van der Waals surface area contributed by atoms with Gasteiger partial charge in [0.2, 0.25) is 11.8 Å². The first-order valence-electron chi connectivity index (χ1n) is 7.32. The van der Waals surface area contributed by atoms with Gasteiger partial charge in [-0.1, -0.05) is 30.3 Å². The van der Waals surface area contributed by atoms with Gasteiger partial charge in [-0.2, -0.15) is 5.10 Å². The molecule has 0 saturated carbocycles. The van der Waals surface area contributed by atoms with Crippen LogP contribution in [0.1, 0.15) is 28.8 Å². The highest BCUT2D eigenvalue weighted by molar-refractivity contribution is 7.11. The number of benzene rings is 1. The van der Waals surface area contributed by atoms with E-state index in [4.69, 9.17) is 0 Å². The topological polar surface area (TPSA) is 70.6 Å². The van der Waals surface area contributed by atoms with Crippen molar-refractivity contribution < 1.29 is 9.59 Å². The summed E-state index contributed by atoms with van der Waals surface area (Å²) in [6.07, 6.45) is 1.88. The van der Waals surface area contributed by atoms with Crippen molar-refractivity contribution in [2.45, 2.75) is 26.3 Å². The average Bonchev–Trinajstić information content (AvgIpc) is 2.97. The number of aryl methyl sites for hydroxylation is 1. The summed E-state index contributed by atoms with van der Waals surface area (Å²) in [5, 5.41) is 8.65. The Labute approximate surface area is 139 Å². The molecule has 0 unspecified atom stereocenters. The van der Waals surface area contributed by atoms with E-state index in [1.165, 1.54) is 0 Å². The van der Waals surface area contributed by atoms with Gasteiger partial charge in [-0.25, -0.2) is 5.43 Å². The van der Waals surface area contributed by atoms with E-state index in [2.05, 4.69) is 15.8 Å². The minimum atomic E-state index is -0.273. The number of hydrogen-bond acceptors (Lipinski definition) is 4. The first kappa shape index (κ1) is 16.9. The summed E-state index contributed by atoms with van der Waals surface area (Å²) in [5.41, 5.74) is 4.58. The molecule has 1 heterocycles. The molecule has 0 aliphatic heterocycles. The summed E-state index contributed by atoms with van der Waals surface area (Å²) < 4.78 is 0.